The van der Waals surface area contributed by atoms with Crippen LogP contribution < -0.4 is 10.6 Å². The predicted molar refractivity (Wildman–Crippen MR) is 101 cm³/mol. The van der Waals surface area contributed by atoms with Gasteiger partial charge in [-0.2, -0.15) is 5.26 Å². The Labute approximate surface area is 156 Å². The van der Waals surface area contributed by atoms with Crippen molar-refractivity contribution in [3.63, 3.8) is 0 Å². The van der Waals surface area contributed by atoms with Crippen molar-refractivity contribution in [2.45, 2.75) is 50.7 Å². The van der Waals surface area contributed by atoms with Crippen molar-refractivity contribution in [1.82, 2.24) is 4.90 Å². The summed E-state index contributed by atoms with van der Waals surface area (Å²) in [5.74, 6) is 0. The molecular formula is C18H23BrN4O2. The van der Waals surface area contributed by atoms with E-state index in [2.05, 4.69) is 38.7 Å². The molecule has 2 aliphatic rings. The highest BCUT2D eigenvalue weighted by atomic mass is 79.9. The minimum Gasteiger partial charge on any atom is -0.444 e. The highest BCUT2D eigenvalue weighted by Gasteiger charge is 2.34. The van der Waals surface area contributed by atoms with Gasteiger partial charge in [0.15, 0.2) is 0 Å². The van der Waals surface area contributed by atoms with Crippen LogP contribution in [0.15, 0.2) is 6.07 Å². The number of rotatable bonds is 2. The first-order valence-corrected chi connectivity index (χ1v) is 9.31. The fourth-order valence-electron chi connectivity index (χ4n) is 3.12. The molecule has 0 aromatic heterocycles. The second-order valence-corrected chi connectivity index (χ2v) is 8.72. The number of nitrogens with one attached hydrogen (secondary N) is 2. The number of carbonyl (C=O) groups excluding carboxylic acids is 1. The molecule has 0 spiro atoms. The minimum absolute atomic E-state index is 0.163. The monoisotopic (exact) mass is 406 g/mol. The van der Waals surface area contributed by atoms with Gasteiger partial charge in [-0.05, 0) is 44.9 Å². The van der Waals surface area contributed by atoms with Crippen LogP contribution in [0.4, 0.5) is 16.2 Å². The number of fused-ring (bicyclic) bond motifs is 1. The molecule has 7 heteroatoms. The van der Waals surface area contributed by atoms with Crippen molar-refractivity contribution >= 4 is 33.4 Å². The number of anilines is 2. The lowest BCUT2D eigenvalue weighted by molar-refractivity contribution is 0.0105. The lowest BCUT2D eigenvalue weighted by atomic mass is 9.99. The zero-order chi connectivity index (χ0) is 18.4. The smallest absolute Gasteiger partial charge is 0.410 e. The molecule has 2 heterocycles. The van der Waals surface area contributed by atoms with Gasteiger partial charge in [0.25, 0.3) is 0 Å². The molecule has 6 nitrogen and oxygen atoms in total. The van der Waals surface area contributed by atoms with E-state index in [1.165, 1.54) is 0 Å². The van der Waals surface area contributed by atoms with E-state index in [1.807, 2.05) is 27.7 Å². The SMILES string of the molecule is Cc1c(NC2CN(C(=O)OC(C)(C)C)C2)cc2c(c1C#N)NC(Br)C2. The standard InChI is InChI=1S/C18H23BrN4O2/c1-10-13(7-20)16-11(6-15(19)22-16)5-14(10)21-12-8-23(9-12)17(24)25-18(2,3)4/h5,12,15,21-22H,6,8-9H2,1-4H3. The van der Waals surface area contributed by atoms with Crippen molar-refractivity contribution in [2.75, 3.05) is 23.7 Å². The Morgan fingerprint density at radius 2 is 2.16 bits per heavy atom. The van der Waals surface area contributed by atoms with Gasteiger partial charge in [-0.3, -0.25) is 0 Å². The molecule has 0 bridgehead atoms. The number of ether oxygens (including phenoxy) is 1. The van der Waals surface area contributed by atoms with Crippen LogP contribution in [0.25, 0.3) is 0 Å². The Bertz CT molecular complexity index is 745. The average molecular weight is 407 g/mol. The molecule has 1 amide bonds. The topological polar surface area (TPSA) is 77.4 Å². The summed E-state index contributed by atoms with van der Waals surface area (Å²) in [6, 6.07) is 4.59. The highest BCUT2D eigenvalue weighted by molar-refractivity contribution is 9.09. The summed E-state index contributed by atoms with van der Waals surface area (Å²) in [4.78, 5) is 13.9. The van der Waals surface area contributed by atoms with Gasteiger partial charge in [0.1, 0.15) is 11.7 Å². The van der Waals surface area contributed by atoms with Crippen LogP contribution in [0.1, 0.15) is 37.5 Å². The van der Waals surface area contributed by atoms with Crippen molar-refractivity contribution in [3.8, 4) is 6.07 Å². The van der Waals surface area contributed by atoms with E-state index in [-0.39, 0.29) is 17.1 Å². The third kappa shape index (κ3) is 3.69. The summed E-state index contributed by atoms with van der Waals surface area (Å²) in [6.07, 6.45) is 0.563. The molecule has 2 N–H and O–H groups in total. The number of benzene rings is 1. The summed E-state index contributed by atoms with van der Waals surface area (Å²) in [7, 11) is 0. The number of halogens is 1. The Balaban J connectivity index is 1.67. The van der Waals surface area contributed by atoms with Crippen LogP contribution in [0.5, 0.6) is 0 Å². The molecule has 1 aromatic carbocycles. The summed E-state index contributed by atoms with van der Waals surface area (Å²) in [5.41, 5.74) is 4.17. The van der Waals surface area contributed by atoms with Crippen LogP contribution >= 0.6 is 15.9 Å². The fraction of sp³-hybridized carbons (Fsp3) is 0.556. The first-order valence-electron chi connectivity index (χ1n) is 8.39. The van der Waals surface area contributed by atoms with Gasteiger partial charge in [0, 0.05) is 25.2 Å². The number of hydrogen-bond acceptors (Lipinski definition) is 5. The van der Waals surface area contributed by atoms with Crippen LogP contribution in [0.3, 0.4) is 0 Å². The summed E-state index contributed by atoms with van der Waals surface area (Å²) >= 11 is 3.56. The highest BCUT2D eigenvalue weighted by Crippen LogP contribution is 2.37. The van der Waals surface area contributed by atoms with E-state index in [1.54, 1.807) is 4.90 Å². The van der Waals surface area contributed by atoms with Gasteiger partial charge >= 0.3 is 6.09 Å². The number of amides is 1. The minimum atomic E-state index is -0.479. The fourth-order valence-corrected chi connectivity index (χ4v) is 3.70. The molecular weight excluding hydrogens is 384 g/mol. The van der Waals surface area contributed by atoms with Crippen molar-refractivity contribution < 1.29 is 9.53 Å². The number of nitriles is 1. The molecule has 1 atom stereocenters. The third-order valence-corrected chi connectivity index (χ3v) is 4.93. The zero-order valence-corrected chi connectivity index (χ0v) is 16.5. The van der Waals surface area contributed by atoms with Crippen LogP contribution in [0.2, 0.25) is 0 Å². The zero-order valence-electron chi connectivity index (χ0n) is 14.9. The summed E-state index contributed by atoms with van der Waals surface area (Å²) in [6.45, 7) is 8.75. The second kappa shape index (κ2) is 6.41. The van der Waals surface area contributed by atoms with Gasteiger partial charge in [0.05, 0.1) is 22.2 Å². The van der Waals surface area contributed by atoms with Crippen LogP contribution in [0, 0.1) is 18.3 Å². The first kappa shape index (κ1) is 17.9. The van der Waals surface area contributed by atoms with Gasteiger partial charge in [-0.25, -0.2) is 4.79 Å². The largest absolute Gasteiger partial charge is 0.444 e. The summed E-state index contributed by atoms with van der Waals surface area (Å²) in [5, 5.41) is 16.3. The number of alkyl halides is 1. The molecule has 1 fully saturated rings. The van der Waals surface area contributed by atoms with E-state index in [0.717, 1.165) is 28.9 Å². The first-order chi connectivity index (χ1) is 11.7. The third-order valence-electron chi connectivity index (χ3n) is 4.37. The molecule has 134 valence electrons. The van der Waals surface area contributed by atoms with Crippen molar-refractivity contribution in [3.05, 3.63) is 22.8 Å². The quantitative estimate of drug-likeness (QED) is 0.579. The molecule has 1 saturated heterocycles. The molecule has 1 unspecified atom stereocenters. The number of carbonyl (C=O) groups is 1. The van der Waals surface area contributed by atoms with E-state index >= 15 is 0 Å². The lowest BCUT2D eigenvalue weighted by Gasteiger charge is -2.40. The maximum absolute atomic E-state index is 12.0. The maximum Gasteiger partial charge on any atom is 0.410 e. The molecule has 25 heavy (non-hydrogen) atoms. The van der Waals surface area contributed by atoms with Crippen molar-refractivity contribution in [1.29, 1.82) is 5.26 Å². The number of hydrogen-bond donors (Lipinski definition) is 2. The lowest BCUT2D eigenvalue weighted by Crippen LogP contribution is -2.58. The molecule has 0 radical (unpaired) electrons. The van der Waals surface area contributed by atoms with Gasteiger partial charge in [-0.1, -0.05) is 15.9 Å². The van der Waals surface area contributed by atoms with E-state index in [9.17, 15) is 10.1 Å². The molecule has 0 aliphatic carbocycles. The van der Waals surface area contributed by atoms with Gasteiger partial charge in [0.2, 0.25) is 0 Å². The summed E-state index contributed by atoms with van der Waals surface area (Å²) < 4.78 is 5.38. The second-order valence-electron chi connectivity index (χ2n) is 7.61. The Morgan fingerprint density at radius 1 is 1.48 bits per heavy atom. The Morgan fingerprint density at radius 3 is 2.76 bits per heavy atom. The van der Waals surface area contributed by atoms with Gasteiger partial charge in [-0.15, -0.1) is 0 Å². The van der Waals surface area contributed by atoms with Crippen LogP contribution in [-0.4, -0.2) is 40.7 Å². The van der Waals surface area contributed by atoms with E-state index < -0.39 is 5.60 Å². The van der Waals surface area contributed by atoms with E-state index in [0.29, 0.717) is 18.7 Å². The maximum atomic E-state index is 12.0. The van der Waals surface area contributed by atoms with Crippen LogP contribution in [-0.2, 0) is 11.2 Å². The normalized spacial score (nSPS) is 19.5. The molecule has 2 aliphatic heterocycles. The van der Waals surface area contributed by atoms with Gasteiger partial charge < -0.3 is 20.3 Å². The van der Waals surface area contributed by atoms with E-state index in [4.69, 9.17) is 4.74 Å². The molecule has 0 saturated carbocycles. The Kier molecular flexibility index (Phi) is 4.58. The van der Waals surface area contributed by atoms with Crippen molar-refractivity contribution in [2.24, 2.45) is 0 Å². The number of nitrogens with zero attached hydrogens (tertiary/aromatic N) is 2. The Hall–Kier alpha value is -1.94. The molecule has 3 rings (SSSR count). The predicted octanol–water partition coefficient (Wildman–Crippen LogP) is 3.59. The number of likely N-dealkylation sites (tertiary alicyclic amines) is 1. The molecule has 1 aromatic rings. The average Bonchev–Trinajstić information content (AvgIpc) is 2.80.